The Morgan fingerprint density at radius 2 is 2.15 bits per heavy atom. The molecule has 0 bridgehead atoms. The van der Waals surface area contributed by atoms with Gasteiger partial charge in [0.2, 0.25) is 0 Å². The number of hydrogen-bond donors (Lipinski definition) is 2. The maximum atomic E-state index is 12.2. The van der Waals surface area contributed by atoms with Crippen LogP contribution < -0.4 is 10.5 Å². The van der Waals surface area contributed by atoms with E-state index in [-0.39, 0.29) is 26.4 Å². The van der Waals surface area contributed by atoms with Gasteiger partial charge in [0.05, 0.1) is 16.3 Å². The van der Waals surface area contributed by atoms with Gasteiger partial charge in [-0.05, 0) is 13.0 Å². The van der Waals surface area contributed by atoms with Crippen molar-refractivity contribution in [3.63, 3.8) is 0 Å². The zero-order chi connectivity index (χ0) is 14.9. The second kappa shape index (κ2) is 5.06. The second-order valence-corrected chi connectivity index (χ2v) is 6.75. The van der Waals surface area contributed by atoms with Crippen molar-refractivity contribution in [1.82, 2.24) is 4.98 Å². The zero-order valence-electron chi connectivity index (χ0n) is 10.2. The summed E-state index contributed by atoms with van der Waals surface area (Å²) in [5, 5.41) is 10.8. The first-order valence-corrected chi connectivity index (χ1v) is 7.60. The van der Waals surface area contributed by atoms with Gasteiger partial charge in [0.1, 0.15) is 0 Å². The summed E-state index contributed by atoms with van der Waals surface area (Å²) in [6, 6.07) is 5.22. The fourth-order valence-corrected chi connectivity index (χ4v) is 3.89. The molecule has 8 nitrogen and oxygen atoms in total. The van der Waals surface area contributed by atoms with E-state index >= 15 is 0 Å². The van der Waals surface area contributed by atoms with Crippen LogP contribution in [0.3, 0.4) is 0 Å². The lowest BCUT2D eigenvalue weighted by Crippen LogP contribution is -2.12. The molecular formula is C10H10N4O4S2. The van der Waals surface area contributed by atoms with E-state index in [0.29, 0.717) is 0 Å². The first-order valence-electron chi connectivity index (χ1n) is 5.30. The van der Waals surface area contributed by atoms with Crippen LogP contribution in [-0.4, -0.2) is 18.3 Å². The van der Waals surface area contributed by atoms with Crippen LogP contribution in [0.2, 0.25) is 0 Å². The van der Waals surface area contributed by atoms with E-state index < -0.39 is 14.9 Å². The van der Waals surface area contributed by atoms with Crippen molar-refractivity contribution < 1.29 is 13.3 Å². The van der Waals surface area contributed by atoms with Crippen LogP contribution >= 0.6 is 11.3 Å². The van der Waals surface area contributed by atoms with Gasteiger partial charge in [-0.1, -0.05) is 17.4 Å². The minimum atomic E-state index is -3.86. The van der Waals surface area contributed by atoms with Crippen molar-refractivity contribution in [3.05, 3.63) is 40.1 Å². The fraction of sp³-hybridized carbons (Fsp3) is 0.100. The Morgan fingerprint density at radius 3 is 2.70 bits per heavy atom. The molecule has 0 aliphatic carbocycles. The van der Waals surface area contributed by atoms with Gasteiger partial charge in [-0.2, -0.15) is 0 Å². The van der Waals surface area contributed by atoms with Gasteiger partial charge >= 0.3 is 0 Å². The summed E-state index contributed by atoms with van der Waals surface area (Å²) in [5.74, 6) is 0. The molecule has 2 aromatic rings. The monoisotopic (exact) mass is 314 g/mol. The van der Waals surface area contributed by atoms with E-state index in [2.05, 4.69) is 9.71 Å². The second-order valence-electron chi connectivity index (χ2n) is 3.84. The van der Waals surface area contributed by atoms with Gasteiger partial charge in [0, 0.05) is 12.1 Å². The van der Waals surface area contributed by atoms with Gasteiger partial charge in [-0.25, -0.2) is 13.4 Å². The number of nitro benzene ring substituents is 1. The number of nitro groups is 1. The molecule has 0 fully saturated rings. The number of aryl methyl sites for hydroxylation is 1. The predicted molar refractivity (Wildman–Crippen MR) is 75.2 cm³/mol. The van der Waals surface area contributed by atoms with Crippen LogP contribution in [0.4, 0.5) is 16.5 Å². The third-order valence-corrected chi connectivity index (χ3v) is 5.30. The average Bonchev–Trinajstić information content (AvgIpc) is 2.69. The molecule has 0 amide bonds. The molecule has 0 spiro atoms. The van der Waals surface area contributed by atoms with E-state index in [4.69, 9.17) is 5.73 Å². The maximum Gasteiger partial charge on any atom is 0.273 e. The molecular weight excluding hydrogens is 304 g/mol. The standard InChI is InChI=1S/C10H10N4O4S2/c1-6-9(19-10(11)12-6)20(17,18)13-7-3-2-4-8(5-7)14(15)16/h2-5,13H,1H3,(H2,11,12). The number of benzene rings is 1. The number of nitrogens with two attached hydrogens (primary N) is 1. The highest BCUT2D eigenvalue weighted by molar-refractivity contribution is 7.94. The van der Waals surface area contributed by atoms with Gasteiger partial charge in [-0.3, -0.25) is 14.8 Å². The maximum absolute atomic E-state index is 12.2. The van der Waals surface area contributed by atoms with E-state index in [9.17, 15) is 18.5 Å². The summed E-state index contributed by atoms with van der Waals surface area (Å²) in [4.78, 5) is 13.9. The van der Waals surface area contributed by atoms with Crippen LogP contribution in [0, 0.1) is 17.0 Å². The predicted octanol–water partition coefficient (Wildman–Crippen LogP) is 1.74. The number of nitrogen functional groups attached to an aromatic ring is 1. The summed E-state index contributed by atoms with van der Waals surface area (Å²) >= 11 is 0.833. The molecule has 1 heterocycles. The summed E-state index contributed by atoms with van der Waals surface area (Å²) < 4.78 is 26.6. The molecule has 0 saturated carbocycles. The largest absolute Gasteiger partial charge is 0.375 e. The molecule has 10 heteroatoms. The highest BCUT2D eigenvalue weighted by Gasteiger charge is 2.22. The lowest BCUT2D eigenvalue weighted by molar-refractivity contribution is -0.384. The lowest BCUT2D eigenvalue weighted by Gasteiger charge is -2.06. The van der Waals surface area contributed by atoms with Crippen LogP contribution in [0.1, 0.15) is 5.69 Å². The van der Waals surface area contributed by atoms with E-state index in [1.807, 2.05) is 0 Å². The Labute approximate surface area is 118 Å². The van der Waals surface area contributed by atoms with Crippen LogP contribution in [0.15, 0.2) is 28.5 Å². The molecule has 0 aliphatic heterocycles. The van der Waals surface area contributed by atoms with Crippen molar-refractivity contribution >= 4 is 37.9 Å². The van der Waals surface area contributed by atoms with Crippen molar-refractivity contribution in [2.45, 2.75) is 11.1 Å². The molecule has 0 saturated heterocycles. The quantitative estimate of drug-likeness (QED) is 0.653. The normalized spacial score (nSPS) is 11.2. The Morgan fingerprint density at radius 1 is 1.45 bits per heavy atom. The number of non-ortho nitro benzene ring substituents is 1. The summed E-state index contributed by atoms with van der Waals surface area (Å²) in [5.41, 5.74) is 5.64. The minimum Gasteiger partial charge on any atom is -0.375 e. The van der Waals surface area contributed by atoms with E-state index in [0.717, 1.165) is 17.4 Å². The highest BCUT2D eigenvalue weighted by Crippen LogP contribution is 2.27. The molecule has 0 unspecified atom stereocenters. The van der Waals surface area contributed by atoms with Crippen LogP contribution in [-0.2, 0) is 10.0 Å². The number of thiazole rings is 1. The zero-order valence-corrected chi connectivity index (χ0v) is 11.9. The number of nitrogens with zero attached hydrogens (tertiary/aromatic N) is 2. The summed E-state index contributed by atoms with van der Waals surface area (Å²) in [7, 11) is -3.86. The molecule has 0 radical (unpaired) electrons. The molecule has 1 aromatic carbocycles. The van der Waals surface area contributed by atoms with Gasteiger partial charge in [-0.15, -0.1) is 0 Å². The Hall–Kier alpha value is -2.20. The SMILES string of the molecule is Cc1nc(N)sc1S(=O)(=O)Nc1cccc([N+](=O)[O-])c1. The molecule has 2 rings (SSSR count). The van der Waals surface area contributed by atoms with Crippen molar-refractivity contribution in [3.8, 4) is 0 Å². The Balaban J connectivity index is 2.36. The third-order valence-electron chi connectivity index (χ3n) is 2.32. The van der Waals surface area contributed by atoms with Gasteiger partial charge < -0.3 is 5.73 Å². The molecule has 0 atom stereocenters. The number of aromatic nitrogens is 1. The highest BCUT2D eigenvalue weighted by atomic mass is 32.2. The third kappa shape index (κ3) is 2.86. The number of anilines is 2. The average molecular weight is 314 g/mol. The molecule has 1 aromatic heterocycles. The van der Waals surface area contributed by atoms with E-state index in [1.165, 1.54) is 25.1 Å². The molecule has 20 heavy (non-hydrogen) atoms. The van der Waals surface area contributed by atoms with Crippen LogP contribution in [0.25, 0.3) is 0 Å². The summed E-state index contributed by atoms with van der Waals surface area (Å²) in [6.07, 6.45) is 0. The van der Waals surface area contributed by atoms with Crippen LogP contribution in [0.5, 0.6) is 0 Å². The number of hydrogen-bond acceptors (Lipinski definition) is 7. The number of rotatable bonds is 4. The topological polar surface area (TPSA) is 128 Å². The van der Waals surface area contributed by atoms with Crippen molar-refractivity contribution in [2.24, 2.45) is 0 Å². The minimum absolute atomic E-state index is 0.0125. The smallest absolute Gasteiger partial charge is 0.273 e. The fourth-order valence-electron chi connectivity index (χ4n) is 1.54. The van der Waals surface area contributed by atoms with Gasteiger partial charge in [0.15, 0.2) is 9.34 Å². The van der Waals surface area contributed by atoms with Crippen molar-refractivity contribution in [2.75, 3.05) is 10.5 Å². The van der Waals surface area contributed by atoms with Crippen molar-refractivity contribution in [1.29, 1.82) is 0 Å². The lowest BCUT2D eigenvalue weighted by atomic mass is 10.3. The number of sulfonamides is 1. The molecule has 0 aliphatic rings. The Bertz CT molecular complexity index is 769. The van der Waals surface area contributed by atoms with Gasteiger partial charge in [0.25, 0.3) is 15.7 Å². The molecule has 3 N–H and O–H groups in total. The number of nitrogens with one attached hydrogen (secondary N) is 1. The Kier molecular flexibility index (Phi) is 3.59. The van der Waals surface area contributed by atoms with E-state index in [1.54, 1.807) is 0 Å². The summed E-state index contributed by atoms with van der Waals surface area (Å²) in [6.45, 7) is 1.52. The molecule has 106 valence electrons. The first-order chi connectivity index (χ1) is 9.29. The first kappa shape index (κ1) is 14.2.